The van der Waals surface area contributed by atoms with E-state index in [4.69, 9.17) is 9.47 Å². The Balaban J connectivity index is 2.09. The first kappa shape index (κ1) is 20.9. The fourth-order valence-electron chi connectivity index (χ4n) is 2.07. The summed E-state index contributed by atoms with van der Waals surface area (Å²) in [5.74, 6) is 0.888. The standard InChI is InChI=1S/C17H32N4O2S/c1-4-18-17(20-10-7-11-23-13-12-22-3)19-9-6-5-8-16-21-15(2)14-24-16/h14H,4-13H2,1-3H3,(H2,18,19,20). The largest absolute Gasteiger partial charge is 0.382 e. The number of aromatic nitrogens is 1. The minimum atomic E-state index is 0.647. The van der Waals surface area contributed by atoms with Crippen LogP contribution in [0.4, 0.5) is 0 Å². The Hall–Kier alpha value is -1.18. The molecule has 0 atom stereocenters. The van der Waals surface area contributed by atoms with Crippen molar-refractivity contribution in [1.29, 1.82) is 0 Å². The van der Waals surface area contributed by atoms with E-state index in [0.717, 1.165) is 63.6 Å². The second-order valence-electron chi connectivity index (χ2n) is 5.49. The molecule has 0 fully saturated rings. The molecule has 0 aliphatic carbocycles. The van der Waals surface area contributed by atoms with Crippen LogP contribution in [0.25, 0.3) is 0 Å². The van der Waals surface area contributed by atoms with E-state index in [1.165, 1.54) is 5.01 Å². The van der Waals surface area contributed by atoms with E-state index in [-0.39, 0.29) is 0 Å². The first-order valence-electron chi connectivity index (χ1n) is 8.76. The van der Waals surface area contributed by atoms with Crippen LogP contribution in [0, 0.1) is 6.92 Å². The van der Waals surface area contributed by atoms with E-state index in [0.29, 0.717) is 13.2 Å². The lowest BCUT2D eigenvalue weighted by Crippen LogP contribution is -2.37. The Kier molecular flexibility index (Phi) is 12.3. The summed E-state index contributed by atoms with van der Waals surface area (Å²) in [7, 11) is 1.68. The number of ether oxygens (including phenoxy) is 2. The smallest absolute Gasteiger partial charge is 0.191 e. The van der Waals surface area contributed by atoms with Crippen molar-refractivity contribution in [1.82, 2.24) is 15.6 Å². The summed E-state index contributed by atoms with van der Waals surface area (Å²) in [4.78, 5) is 9.06. The van der Waals surface area contributed by atoms with Gasteiger partial charge < -0.3 is 20.1 Å². The van der Waals surface area contributed by atoms with Gasteiger partial charge in [-0.15, -0.1) is 11.3 Å². The summed E-state index contributed by atoms with van der Waals surface area (Å²) in [6.45, 7) is 8.71. The molecule has 1 rings (SSSR count). The number of rotatable bonds is 13. The van der Waals surface area contributed by atoms with Crippen LogP contribution in [0.2, 0.25) is 0 Å². The van der Waals surface area contributed by atoms with Gasteiger partial charge in [0.2, 0.25) is 0 Å². The lowest BCUT2D eigenvalue weighted by atomic mass is 10.2. The van der Waals surface area contributed by atoms with E-state index in [9.17, 15) is 0 Å². The lowest BCUT2D eigenvalue weighted by Gasteiger charge is -2.11. The van der Waals surface area contributed by atoms with Crippen LogP contribution in [0.15, 0.2) is 10.4 Å². The molecule has 2 N–H and O–H groups in total. The highest BCUT2D eigenvalue weighted by molar-refractivity contribution is 7.09. The minimum Gasteiger partial charge on any atom is -0.382 e. The third-order valence-electron chi connectivity index (χ3n) is 3.27. The van der Waals surface area contributed by atoms with E-state index in [1.54, 1.807) is 18.4 Å². The summed E-state index contributed by atoms with van der Waals surface area (Å²) in [5.41, 5.74) is 1.13. The number of nitrogens with zero attached hydrogens (tertiary/aromatic N) is 2. The van der Waals surface area contributed by atoms with Crippen LogP contribution in [0.3, 0.4) is 0 Å². The molecule has 1 heterocycles. The van der Waals surface area contributed by atoms with Gasteiger partial charge >= 0.3 is 0 Å². The molecule has 7 heteroatoms. The molecule has 0 aromatic carbocycles. The Morgan fingerprint density at radius 2 is 2.08 bits per heavy atom. The fraction of sp³-hybridized carbons (Fsp3) is 0.765. The minimum absolute atomic E-state index is 0.647. The molecule has 0 aliphatic rings. The Labute approximate surface area is 150 Å². The molecule has 0 unspecified atom stereocenters. The van der Waals surface area contributed by atoms with Crippen LogP contribution >= 0.6 is 11.3 Å². The van der Waals surface area contributed by atoms with Crippen molar-refractivity contribution in [2.24, 2.45) is 4.99 Å². The number of methoxy groups -OCH3 is 1. The first-order chi connectivity index (χ1) is 11.8. The third kappa shape index (κ3) is 10.6. The molecule has 0 spiro atoms. The van der Waals surface area contributed by atoms with Gasteiger partial charge in [0.25, 0.3) is 0 Å². The normalized spacial score (nSPS) is 11.7. The zero-order chi connectivity index (χ0) is 17.5. The molecule has 1 aromatic heterocycles. The van der Waals surface area contributed by atoms with E-state index in [2.05, 4.69) is 32.9 Å². The van der Waals surface area contributed by atoms with Gasteiger partial charge in [-0.1, -0.05) is 0 Å². The van der Waals surface area contributed by atoms with Gasteiger partial charge in [-0.2, -0.15) is 0 Å². The molecular weight excluding hydrogens is 324 g/mol. The molecule has 0 saturated carbocycles. The fourth-order valence-corrected chi connectivity index (χ4v) is 2.89. The topological polar surface area (TPSA) is 67.8 Å². The summed E-state index contributed by atoms with van der Waals surface area (Å²) in [6, 6.07) is 0. The highest BCUT2D eigenvalue weighted by Gasteiger charge is 2.00. The average molecular weight is 357 g/mol. The summed E-state index contributed by atoms with van der Waals surface area (Å²) in [5, 5.41) is 10.0. The number of hydrogen-bond donors (Lipinski definition) is 2. The molecule has 6 nitrogen and oxygen atoms in total. The van der Waals surface area contributed by atoms with Crippen LogP contribution < -0.4 is 10.6 Å². The maximum atomic E-state index is 5.43. The second kappa shape index (κ2) is 14.2. The van der Waals surface area contributed by atoms with Crippen molar-refractivity contribution in [3.8, 4) is 0 Å². The van der Waals surface area contributed by atoms with Gasteiger partial charge in [-0.3, -0.25) is 4.99 Å². The average Bonchev–Trinajstić information content (AvgIpc) is 2.99. The summed E-state index contributed by atoms with van der Waals surface area (Å²) in [6.07, 6.45) is 4.24. The number of guanidine groups is 1. The number of hydrogen-bond acceptors (Lipinski definition) is 5. The monoisotopic (exact) mass is 356 g/mol. The van der Waals surface area contributed by atoms with Crippen LogP contribution in [-0.4, -0.2) is 57.5 Å². The van der Waals surface area contributed by atoms with Crippen molar-refractivity contribution in [3.05, 3.63) is 16.1 Å². The number of nitrogens with one attached hydrogen (secondary N) is 2. The Morgan fingerprint density at radius 3 is 2.79 bits per heavy atom. The van der Waals surface area contributed by atoms with Crippen molar-refractivity contribution >= 4 is 17.3 Å². The predicted molar refractivity (Wildman–Crippen MR) is 101 cm³/mol. The van der Waals surface area contributed by atoms with Crippen molar-refractivity contribution < 1.29 is 9.47 Å². The third-order valence-corrected chi connectivity index (χ3v) is 4.30. The summed E-state index contributed by atoms with van der Waals surface area (Å²) >= 11 is 1.76. The quantitative estimate of drug-likeness (QED) is 0.323. The molecule has 0 radical (unpaired) electrons. The molecule has 138 valence electrons. The number of thiazole rings is 1. The first-order valence-corrected chi connectivity index (χ1v) is 9.64. The molecule has 0 bridgehead atoms. The Bertz CT molecular complexity index is 452. The molecule has 0 aliphatic heterocycles. The number of unbranched alkanes of at least 4 members (excludes halogenated alkanes) is 1. The van der Waals surface area contributed by atoms with Gasteiger partial charge in [0, 0.05) is 44.4 Å². The van der Waals surface area contributed by atoms with Crippen molar-refractivity contribution in [3.63, 3.8) is 0 Å². The van der Waals surface area contributed by atoms with Gasteiger partial charge in [-0.25, -0.2) is 4.98 Å². The highest BCUT2D eigenvalue weighted by Crippen LogP contribution is 2.11. The molecule has 0 amide bonds. The van der Waals surface area contributed by atoms with Crippen LogP contribution in [0.5, 0.6) is 0 Å². The van der Waals surface area contributed by atoms with Gasteiger partial charge in [0.15, 0.2) is 5.96 Å². The second-order valence-corrected chi connectivity index (χ2v) is 6.43. The van der Waals surface area contributed by atoms with Gasteiger partial charge in [0.05, 0.1) is 18.2 Å². The van der Waals surface area contributed by atoms with Crippen molar-refractivity contribution in [2.45, 2.75) is 39.5 Å². The van der Waals surface area contributed by atoms with E-state index < -0.39 is 0 Å². The van der Waals surface area contributed by atoms with E-state index >= 15 is 0 Å². The molecule has 24 heavy (non-hydrogen) atoms. The molecule has 0 saturated heterocycles. The van der Waals surface area contributed by atoms with E-state index in [1.807, 2.05) is 6.92 Å². The summed E-state index contributed by atoms with van der Waals surface area (Å²) < 4.78 is 10.4. The maximum absolute atomic E-state index is 5.43. The number of aliphatic imine (C=N–C) groups is 1. The van der Waals surface area contributed by atoms with Crippen LogP contribution in [-0.2, 0) is 15.9 Å². The zero-order valence-electron chi connectivity index (χ0n) is 15.3. The zero-order valence-corrected chi connectivity index (χ0v) is 16.1. The number of aryl methyl sites for hydroxylation is 2. The van der Waals surface area contributed by atoms with Crippen molar-refractivity contribution in [2.75, 3.05) is 46.6 Å². The Morgan fingerprint density at radius 1 is 1.21 bits per heavy atom. The predicted octanol–water partition coefficient (Wildman–Crippen LogP) is 2.38. The molecular formula is C17H32N4O2S. The van der Waals surface area contributed by atoms with Crippen LogP contribution in [0.1, 0.15) is 36.9 Å². The van der Waals surface area contributed by atoms with Gasteiger partial charge in [0.1, 0.15) is 0 Å². The maximum Gasteiger partial charge on any atom is 0.191 e. The lowest BCUT2D eigenvalue weighted by molar-refractivity contribution is 0.0702. The highest BCUT2D eigenvalue weighted by atomic mass is 32.1. The van der Waals surface area contributed by atoms with Gasteiger partial charge in [-0.05, 0) is 39.5 Å². The SMILES string of the molecule is CCNC(=NCCCOCCOC)NCCCCc1nc(C)cs1. The molecule has 1 aromatic rings.